The fraction of sp³-hybridized carbons (Fsp3) is 0. The molecule has 24 valence electrons. The van der Waals surface area contributed by atoms with Gasteiger partial charge in [0, 0.05) is 0 Å². The Balaban J connectivity index is 0. The van der Waals surface area contributed by atoms with E-state index in [-0.39, 0.29) is 23.1 Å². The maximum atomic E-state index is 8.83. The van der Waals surface area contributed by atoms with Gasteiger partial charge in [0.1, 0.15) is 0 Å². The van der Waals surface area contributed by atoms with Crippen LogP contribution in [0.25, 0.3) is 0 Å². The molecule has 0 aliphatic rings. The van der Waals surface area contributed by atoms with Crippen LogP contribution in [0.15, 0.2) is 0 Å². The van der Waals surface area contributed by atoms with Gasteiger partial charge in [0.2, 0.25) is 0 Å². The minimum atomic E-state index is -1.21. The molecule has 0 heterocycles. The quantitative estimate of drug-likeness (QED) is 0.335. The van der Waals surface area contributed by atoms with Gasteiger partial charge in [-0.2, -0.15) is 0 Å². The maximum absolute atomic E-state index is 8.83. The van der Waals surface area contributed by atoms with Gasteiger partial charge in [0.05, 0.1) is 0 Å². The molecule has 0 radical (unpaired) electrons. The van der Waals surface area contributed by atoms with Gasteiger partial charge in [-0.05, 0) is 0 Å². The van der Waals surface area contributed by atoms with Gasteiger partial charge in [-0.25, -0.2) is 0 Å². The Labute approximate surface area is 53.7 Å². The predicted molar refractivity (Wildman–Crippen MR) is 16.5 cm³/mol. The van der Waals surface area contributed by atoms with E-state index in [1.165, 1.54) is 0 Å². The first-order valence-electron chi connectivity index (χ1n) is 0.612. The van der Waals surface area contributed by atoms with Gasteiger partial charge >= 0.3 is 53.6 Å². The van der Waals surface area contributed by atoms with Crippen molar-refractivity contribution in [2.45, 2.75) is 0 Å². The van der Waals surface area contributed by atoms with Gasteiger partial charge in [0.15, 0.2) is 0 Å². The summed E-state index contributed by atoms with van der Waals surface area (Å²) >= 11 is 1.71. The average Bonchev–Trinajstić information content (AvgIpc) is 0.811. The molecule has 0 bridgehead atoms. The zero-order chi connectivity index (χ0) is 3.58. The molecule has 0 rings (SSSR count). The van der Waals surface area contributed by atoms with Crippen LogP contribution in [0, 0.1) is 0 Å². The molecule has 0 fully saturated rings. The van der Waals surface area contributed by atoms with Crippen molar-refractivity contribution in [3.8, 4) is 0 Å². The molecule has 0 aliphatic carbocycles. The Morgan fingerprint density at radius 2 is 1.40 bits per heavy atom. The van der Waals surface area contributed by atoms with Gasteiger partial charge in [-0.1, -0.05) is 0 Å². The van der Waals surface area contributed by atoms with Crippen molar-refractivity contribution in [3.05, 3.63) is 0 Å². The van der Waals surface area contributed by atoms with Crippen LogP contribution >= 0.6 is 0 Å². The number of hydrogen-bond acceptors (Lipinski definition) is 2. The summed E-state index contributed by atoms with van der Waals surface area (Å²) in [6.07, 6.45) is 0. The summed E-state index contributed by atoms with van der Waals surface area (Å²) in [4.78, 5) is -1.21. The van der Waals surface area contributed by atoms with E-state index in [0.717, 1.165) is 0 Å². The van der Waals surface area contributed by atoms with Gasteiger partial charge in [-0.15, -0.1) is 0 Å². The molecule has 0 N–H and O–H groups in total. The molecule has 0 aliphatic heterocycles. The summed E-state index contributed by atoms with van der Waals surface area (Å²) < 4.78 is 0. The third-order valence-electron chi connectivity index (χ3n) is 0. The summed E-state index contributed by atoms with van der Waals surface area (Å²) in [7, 11) is 0. The van der Waals surface area contributed by atoms with E-state index in [2.05, 4.69) is 0 Å². The van der Waals surface area contributed by atoms with Crippen LogP contribution in [0.4, 0.5) is 0 Å². The predicted octanol–water partition coefficient (Wildman–Crippen LogP) is -3.42. The Morgan fingerprint density at radius 3 is 1.40 bits per heavy atom. The van der Waals surface area contributed by atoms with Gasteiger partial charge in [0.25, 0.3) is 0 Å². The summed E-state index contributed by atoms with van der Waals surface area (Å²) in [5.41, 5.74) is 0. The SMILES string of the molecule is [Mg+2].[O-]C([O-])=[Se]. The Morgan fingerprint density at radius 1 is 1.40 bits per heavy atom. The van der Waals surface area contributed by atoms with Crippen LogP contribution < -0.4 is 10.2 Å². The monoisotopic (exact) mass is 148 g/mol. The Hall–Kier alpha value is 0.756. The van der Waals surface area contributed by atoms with Gasteiger partial charge in [-0.3, -0.25) is 0 Å². The molecule has 0 aromatic carbocycles. The van der Waals surface area contributed by atoms with Gasteiger partial charge < -0.3 is 0 Å². The van der Waals surface area contributed by atoms with Crippen molar-refractivity contribution in [2.75, 3.05) is 0 Å². The van der Waals surface area contributed by atoms with Crippen molar-refractivity contribution >= 4 is 43.4 Å². The molecule has 0 spiro atoms. The van der Waals surface area contributed by atoms with Crippen molar-refractivity contribution < 1.29 is 10.2 Å². The molecule has 2 nitrogen and oxygen atoms in total. The molecule has 0 aromatic rings. The molecule has 4 heteroatoms. The number of rotatable bonds is 0. The Kier molecular flexibility index (Phi) is 8.78. The van der Waals surface area contributed by atoms with Crippen molar-refractivity contribution in [3.63, 3.8) is 0 Å². The first-order valence-corrected chi connectivity index (χ1v) is 1.47. The average molecular weight is 147 g/mol. The van der Waals surface area contributed by atoms with E-state index < -0.39 is 4.79 Å². The van der Waals surface area contributed by atoms with Crippen molar-refractivity contribution in [1.29, 1.82) is 0 Å². The molecule has 0 unspecified atom stereocenters. The molecule has 5 heavy (non-hydrogen) atoms. The minimum absolute atomic E-state index is 0. The first kappa shape index (κ1) is 9.23. The topological polar surface area (TPSA) is 46.1 Å². The summed E-state index contributed by atoms with van der Waals surface area (Å²) in [5, 5.41) is 17.7. The van der Waals surface area contributed by atoms with E-state index in [0.29, 0.717) is 0 Å². The molecular weight excluding hydrogens is 147 g/mol. The zero-order valence-corrected chi connectivity index (χ0v) is 5.56. The van der Waals surface area contributed by atoms with E-state index in [1.807, 2.05) is 0 Å². The van der Waals surface area contributed by atoms with E-state index in [9.17, 15) is 0 Å². The fourth-order valence-corrected chi connectivity index (χ4v) is 0. The van der Waals surface area contributed by atoms with E-state index >= 15 is 0 Å². The second kappa shape index (κ2) is 4.76. The van der Waals surface area contributed by atoms with Crippen LogP contribution in [-0.2, 0) is 0 Å². The van der Waals surface area contributed by atoms with Crippen LogP contribution in [0.2, 0.25) is 0 Å². The molecule has 0 aromatic heterocycles. The van der Waals surface area contributed by atoms with Crippen LogP contribution in [0.1, 0.15) is 0 Å². The molecular formula is CMgO2Se. The third-order valence-corrected chi connectivity index (χ3v) is 0. The second-order valence-corrected chi connectivity index (χ2v) is 0.949. The normalized spacial score (nSPS) is 4.80. The fourth-order valence-electron chi connectivity index (χ4n) is 0. The summed E-state index contributed by atoms with van der Waals surface area (Å²) in [6.45, 7) is 0. The Bertz CT molecular complexity index is 32.6. The number of hydrogen-bond donors (Lipinski definition) is 0. The van der Waals surface area contributed by atoms with Crippen LogP contribution in [0.3, 0.4) is 0 Å². The van der Waals surface area contributed by atoms with E-state index in [4.69, 9.17) is 10.2 Å². The summed E-state index contributed by atoms with van der Waals surface area (Å²) in [5.74, 6) is 0. The molecule has 0 saturated heterocycles. The standard InChI is InChI=1S/CH2O2Se.Mg/c2-1(3)4;/h(H2,2,3,4);/q;+2/p-2. The zero-order valence-electron chi connectivity index (χ0n) is 2.43. The second-order valence-electron chi connectivity index (χ2n) is 0.250. The molecule has 0 saturated carbocycles. The van der Waals surface area contributed by atoms with E-state index in [1.54, 1.807) is 15.6 Å². The van der Waals surface area contributed by atoms with Crippen molar-refractivity contribution in [2.24, 2.45) is 0 Å². The van der Waals surface area contributed by atoms with Crippen LogP contribution in [0.5, 0.6) is 0 Å². The molecule has 0 atom stereocenters. The molecule has 0 amide bonds. The van der Waals surface area contributed by atoms with Crippen LogP contribution in [-0.4, -0.2) is 43.4 Å². The third kappa shape index (κ3) is 63.2. The van der Waals surface area contributed by atoms with Crippen molar-refractivity contribution in [1.82, 2.24) is 0 Å². The first-order chi connectivity index (χ1) is 1.73. The summed E-state index contributed by atoms with van der Waals surface area (Å²) in [6, 6.07) is 0.